The van der Waals surface area contributed by atoms with Gasteiger partial charge in [0.05, 0.1) is 0 Å². The van der Waals surface area contributed by atoms with Gasteiger partial charge in [-0.3, -0.25) is 0 Å². The van der Waals surface area contributed by atoms with Crippen LogP contribution in [-0.2, 0) is 6.42 Å². The van der Waals surface area contributed by atoms with Gasteiger partial charge in [0, 0.05) is 0 Å². The van der Waals surface area contributed by atoms with Crippen molar-refractivity contribution in [2.45, 2.75) is 48.0 Å². The summed E-state index contributed by atoms with van der Waals surface area (Å²) in [5.41, 5.74) is 8.50. The molecule has 2 rings (SSSR count). The maximum absolute atomic E-state index is 10.2. The lowest BCUT2D eigenvalue weighted by Gasteiger charge is -2.18. The molecule has 112 valence electrons. The van der Waals surface area contributed by atoms with Gasteiger partial charge in [0.1, 0.15) is 11.5 Å². The van der Waals surface area contributed by atoms with Crippen LogP contribution in [0.1, 0.15) is 44.5 Å². The number of aryl methyl sites for hydroxylation is 2. The molecule has 2 nitrogen and oxygen atoms in total. The maximum atomic E-state index is 10.2. The van der Waals surface area contributed by atoms with E-state index in [9.17, 15) is 10.2 Å². The zero-order chi connectivity index (χ0) is 15.9. The molecule has 0 aliphatic rings. The summed E-state index contributed by atoms with van der Waals surface area (Å²) in [5.74, 6) is 0.789. The van der Waals surface area contributed by atoms with E-state index < -0.39 is 0 Å². The number of hydrogen-bond donors (Lipinski definition) is 2. The van der Waals surface area contributed by atoms with Gasteiger partial charge in [0.25, 0.3) is 0 Å². The zero-order valence-electron chi connectivity index (χ0n) is 13.8. The van der Waals surface area contributed by atoms with Crippen molar-refractivity contribution in [2.75, 3.05) is 0 Å². The molecule has 2 heteroatoms. The Balaban J connectivity index is 2.55. The molecule has 0 bridgehead atoms. The first-order valence-corrected chi connectivity index (χ1v) is 7.31. The monoisotopic (exact) mass is 284 g/mol. The third-order valence-corrected chi connectivity index (χ3v) is 4.67. The van der Waals surface area contributed by atoms with Gasteiger partial charge < -0.3 is 10.2 Å². The van der Waals surface area contributed by atoms with Gasteiger partial charge in [0.15, 0.2) is 0 Å². The third kappa shape index (κ3) is 2.63. The van der Waals surface area contributed by atoms with E-state index in [0.717, 1.165) is 39.8 Å². The Kier molecular flexibility index (Phi) is 3.99. The Bertz CT molecular complexity index is 660. The van der Waals surface area contributed by atoms with Crippen LogP contribution in [0.5, 0.6) is 11.5 Å². The Morgan fingerprint density at radius 3 is 1.52 bits per heavy atom. The van der Waals surface area contributed by atoms with Crippen LogP contribution in [0, 0.1) is 41.5 Å². The molecule has 0 radical (unpaired) electrons. The molecular formula is C19H24O2. The Morgan fingerprint density at radius 1 is 0.667 bits per heavy atom. The smallest absolute Gasteiger partial charge is 0.121 e. The highest BCUT2D eigenvalue weighted by Gasteiger charge is 2.15. The van der Waals surface area contributed by atoms with Crippen molar-refractivity contribution in [1.29, 1.82) is 0 Å². The van der Waals surface area contributed by atoms with Crippen molar-refractivity contribution in [2.24, 2.45) is 0 Å². The van der Waals surface area contributed by atoms with Gasteiger partial charge >= 0.3 is 0 Å². The van der Waals surface area contributed by atoms with E-state index in [0.29, 0.717) is 11.5 Å². The highest BCUT2D eigenvalue weighted by atomic mass is 16.3. The van der Waals surface area contributed by atoms with E-state index in [-0.39, 0.29) is 0 Å². The Labute approximate surface area is 127 Å². The summed E-state index contributed by atoms with van der Waals surface area (Å²) in [5, 5.41) is 20.0. The molecule has 0 saturated carbocycles. The van der Waals surface area contributed by atoms with E-state index >= 15 is 0 Å². The van der Waals surface area contributed by atoms with Gasteiger partial charge in [-0.05, 0) is 92.5 Å². The summed E-state index contributed by atoms with van der Waals surface area (Å²) in [6, 6.07) is 4.08. The predicted molar refractivity (Wildman–Crippen MR) is 87.4 cm³/mol. The van der Waals surface area contributed by atoms with Crippen LogP contribution >= 0.6 is 0 Å². The van der Waals surface area contributed by atoms with Gasteiger partial charge in [0.2, 0.25) is 0 Å². The minimum atomic E-state index is 0.380. The van der Waals surface area contributed by atoms with Gasteiger partial charge in [-0.25, -0.2) is 0 Å². The molecule has 0 aromatic heterocycles. The highest BCUT2D eigenvalue weighted by molar-refractivity contribution is 5.55. The average Bonchev–Trinajstić information content (AvgIpc) is 2.45. The van der Waals surface area contributed by atoms with Crippen LogP contribution in [0.25, 0.3) is 0 Å². The molecule has 2 aromatic rings. The first-order chi connectivity index (χ1) is 9.73. The lowest BCUT2D eigenvalue weighted by molar-refractivity contribution is 0.465. The summed E-state index contributed by atoms with van der Waals surface area (Å²) < 4.78 is 0. The van der Waals surface area contributed by atoms with Gasteiger partial charge in [-0.1, -0.05) is 12.1 Å². The molecule has 0 aliphatic heterocycles. The summed E-state index contributed by atoms with van der Waals surface area (Å²) in [6.07, 6.45) is 0.821. The van der Waals surface area contributed by atoms with E-state index in [4.69, 9.17) is 0 Å². The number of hydrogen-bond acceptors (Lipinski definition) is 2. The topological polar surface area (TPSA) is 40.5 Å². The maximum Gasteiger partial charge on any atom is 0.121 e. The summed E-state index contributed by atoms with van der Waals surface area (Å²) >= 11 is 0. The fourth-order valence-corrected chi connectivity index (χ4v) is 2.99. The van der Waals surface area contributed by atoms with Crippen molar-refractivity contribution >= 4 is 0 Å². The van der Waals surface area contributed by atoms with Crippen LogP contribution in [-0.4, -0.2) is 10.2 Å². The van der Waals surface area contributed by atoms with Gasteiger partial charge in [-0.15, -0.1) is 0 Å². The second-order valence-corrected chi connectivity index (χ2v) is 6.08. The van der Waals surface area contributed by atoms with Crippen molar-refractivity contribution < 1.29 is 10.2 Å². The molecule has 2 aromatic carbocycles. The number of aromatic hydroxyl groups is 2. The first kappa shape index (κ1) is 15.4. The van der Waals surface area contributed by atoms with Crippen LogP contribution in [0.15, 0.2) is 12.1 Å². The lowest BCUT2D eigenvalue weighted by atomic mass is 9.88. The van der Waals surface area contributed by atoms with E-state index in [1.165, 1.54) is 11.1 Å². The fourth-order valence-electron chi connectivity index (χ4n) is 2.99. The normalized spacial score (nSPS) is 11.0. The lowest BCUT2D eigenvalue weighted by Crippen LogP contribution is -2.02. The molecule has 0 aliphatic carbocycles. The predicted octanol–water partition coefficient (Wildman–Crippen LogP) is 4.54. The highest BCUT2D eigenvalue weighted by Crippen LogP contribution is 2.33. The van der Waals surface area contributed by atoms with E-state index in [2.05, 4.69) is 13.8 Å². The second kappa shape index (κ2) is 5.44. The molecule has 0 amide bonds. The van der Waals surface area contributed by atoms with Crippen LogP contribution in [0.4, 0.5) is 0 Å². The van der Waals surface area contributed by atoms with Crippen LogP contribution < -0.4 is 0 Å². The molecule has 0 unspecified atom stereocenters. The summed E-state index contributed by atoms with van der Waals surface area (Å²) in [6.45, 7) is 11.9. The van der Waals surface area contributed by atoms with Crippen molar-refractivity contribution in [3.05, 3.63) is 56.6 Å². The fraction of sp³-hybridized carbons (Fsp3) is 0.368. The van der Waals surface area contributed by atoms with E-state index in [1.54, 1.807) is 0 Å². The third-order valence-electron chi connectivity index (χ3n) is 4.67. The molecule has 2 N–H and O–H groups in total. The summed E-state index contributed by atoms with van der Waals surface area (Å²) in [7, 11) is 0. The molecule has 0 atom stereocenters. The minimum absolute atomic E-state index is 0.380. The second-order valence-electron chi connectivity index (χ2n) is 6.08. The largest absolute Gasteiger partial charge is 0.507 e. The average molecular weight is 284 g/mol. The molecule has 0 heterocycles. The molecule has 21 heavy (non-hydrogen) atoms. The van der Waals surface area contributed by atoms with Crippen molar-refractivity contribution in [1.82, 2.24) is 0 Å². The SMILES string of the molecule is Cc1cc(Cc2c(C)c(C)c(O)c(C)c2C)cc(C)c1O. The zero-order valence-corrected chi connectivity index (χ0v) is 13.8. The van der Waals surface area contributed by atoms with E-state index in [1.807, 2.05) is 39.8 Å². The molecule has 0 saturated heterocycles. The summed E-state index contributed by atoms with van der Waals surface area (Å²) in [4.78, 5) is 0. The van der Waals surface area contributed by atoms with Crippen LogP contribution in [0.2, 0.25) is 0 Å². The quantitative estimate of drug-likeness (QED) is 0.850. The standard InChI is InChI=1S/C19H24O2/c1-10-7-16(8-11(2)18(10)20)9-17-12(3)14(5)19(21)15(6)13(17)4/h7-8,20-21H,9H2,1-6H3. The van der Waals surface area contributed by atoms with Gasteiger partial charge in [-0.2, -0.15) is 0 Å². The molecular weight excluding hydrogens is 260 g/mol. The molecule has 0 spiro atoms. The van der Waals surface area contributed by atoms with Crippen molar-refractivity contribution in [3.63, 3.8) is 0 Å². The number of benzene rings is 2. The Morgan fingerprint density at radius 2 is 1.10 bits per heavy atom. The first-order valence-electron chi connectivity index (χ1n) is 7.31. The number of rotatable bonds is 2. The number of phenols is 2. The minimum Gasteiger partial charge on any atom is -0.507 e. The van der Waals surface area contributed by atoms with Crippen molar-refractivity contribution in [3.8, 4) is 11.5 Å². The van der Waals surface area contributed by atoms with Crippen LogP contribution in [0.3, 0.4) is 0 Å². The number of phenolic OH excluding ortho intramolecular Hbond substituents is 2. The molecule has 0 fully saturated rings. The Hall–Kier alpha value is -1.96.